The molecule has 37 heavy (non-hydrogen) atoms. The maximum atomic E-state index is 13.4. The highest BCUT2D eigenvalue weighted by Gasteiger charge is 2.22. The van der Waals surface area contributed by atoms with E-state index in [1.165, 1.54) is 0 Å². The van der Waals surface area contributed by atoms with Crippen LogP contribution in [0.15, 0.2) is 72.9 Å². The van der Waals surface area contributed by atoms with Crippen LogP contribution in [0.1, 0.15) is 24.6 Å². The molecule has 0 aliphatic carbocycles. The van der Waals surface area contributed by atoms with Gasteiger partial charge in [0.05, 0.1) is 12.8 Å². The van der Waals surface area contributed by atoms with Crippen molar-refractivity contribution in [3.8, 4) is 11.5 Å². The summed E-state index contributed by atoms with van der Waals surface area (Å²) in [7, 11) is 1.59. The van der Waals surface area contributed by atoms with Gasteiger partial charge in [-0.05, 0) is 42.3 Å². The first kappa shape index (κ1) is 26.2. The van der Waals surface area contributed by atoms with Gasteiger partial charge >= 0.3 is 0 Å². The molecule has 0 radical (unpaired) electrons. The number of rotatable bonds is 6. The number of pyridine rings is 1. The smallest absolute Gasteiger partial charge is 0.260 e. The summed E-state index contributed by atoms with van der Waals surface area (Å²) < 4.78 is 11.1. The van der Waals surface area contributed by atoms with Crippen LogP contribution in [-0.4, -0.2) is 66.5 Å². The number of carbonyl (C=O) groups is 2. The van der Waals surface area contributed by atoms with Crippen LogP contribution >= 0.6 is 0 Å². The molecule has 0 atom stereocenters. The molecule has 1 aliphatic heterocycles. The molecule has 0 saturated heterocycles. The Morgan fingerprint density at radius 2 is 1.73 bits per heavy atom. The van der Waals surface area contributed by atoms with Crippen LogP contribution < -0.4 is 14.4 Å². The number of fused-ring (bicyclic) bond motifs is 1. The first-order valence-corrected chi connectivity index (χ1v) is 12.6. The van der Waals surface area contributed by atoms with Gasteiger partial charge in [-0.3, -0.25) is 19.5 Å². The predicted molar refractivity (Wildman–Crippen MR) is 143 cm³/mol. The second-order valence-electron chi connectivity index (χ2n) is 9.03. The number of para-hydroxylation sites is 1. The van der Waals surface area contributed by atoms with Gasteiger partial charge in [0.15, 0.2) is 6.61 Å². The number of ether oxygens (including phenoxy) is 2. The van der Waals surface area contributed by atoms with E-state index in [1.807, 2.05) is 64.4 Å². The van der Waals surface area contributed by atoms with Crippen molar-refractivity contribution in [2.24, 2.45) is 0 Å². The number of amides is 2. The average molecular weight is 503 g/mol. The third-order valence-corrected chi connectivity index (χ3v) is 6.43. The minimum atomic E-state index is -0.121. The van der Waals surface area contributed by atoms with Crippen molar-refractivity contribution in [3.63, 3.8) is 0 Å². The molecule has 2 heterocycles. The van der Waals surface area contributed by atoms with Crippen LogP contribution in [0.2, 0.25) is 0 Å². The van der Waals surface area contributed by atoms with Gasteiger partial charge in [0.25, 0.3) is 5.91 Å². The van der Waals surface area contributed by atoms with Crippen LogP contribution in [0.25, 0.3) is 0 Å². The number of hydrogen-bond donors (Lipinski definition) is 0. The molecule has 0 saturated carbocycles. The maximum absolute atomic E-state index is 13.4. The van der Waals surface area contributed by atoms with E-state index in [0.29, 0.717) is 44.2 Å². The second-order valence-corrected chi connectivity index (χ2v) is 9.03. The minimum Gasteiger partial charge on any atom is -0.497 e. The number of carbonyl (C=O) groups excluding carboxylic acids is 2. The monoisotopic (exact) mass is 502 g/mol. The predicted octanol–water partition coefficient (Wildman–Crippen LogP) is 3.76. The molecule has 194 valence electrons. The van der Waals surface area contributed by atoms with Gasteiger partial charge in [0.2, 0.25) is 5.91 Å². The van der Waals surface area contributed by atoms with E-state index in [4.69, 9.17) is 9.47 Å². The third kappa shape index (κ3) is 7.30. The lowest BCUT2D eigenvalue weighted by Crippen LogP contribution is -2.40. The first-order valence-electron chi connectivity index (χ1n) is 12.6. The summed E-state index contributed by atoms with van der Waals surface area (Å²) in [6.45, 7) is 5.17. The molecule has 0 unspecified atom stereocenters. The van der Waals surface area contributed by atoms with Crippen molar-refractivity contribution in [3.05, 3.63) is 84.2 Å². The highest BCUT2D eigenvalue weighted by Crippen LogP contribution is 2.24. The Morgan fingerprint density at radius 1 is 0.919 bits per heavy atom. The Labute approximate surface area is 218 Å². The number of nitrogens with zero attached hydrogens (tertiary/aromatic N) is 4. The molecule has 2 amide bonds. The van der Waals surface area contributed by atoms with Crippen LogP contribution in [0.4, 0.5) is 5.69 Å². The zero-order chi connectivity index (χ0) is 26.0. The third-order valence-electron chi connectivity index (χ3n) is 6.43. The molecule has 3 aromatic rings. The van der Waals surface area contributed by atoms with Crippen molar-refractivity contribution in [2.75, 3.05) is 44.8 Å². The van der Waals surface area contributed by atoms with Crippen molar-refractivity contribution in [1.29, 1.82) is 0 Å². The van der Waals surface area contributed by atoms with E-state index in [0.717, 1.165) is 29.9 Å². The number of anilines is 1. The van der Waals surface area contributed by atoms with Crippen LogP contribution in [0.3, 0.4) is 0 Å². The molecule has 4 rings (SSSR count). The fraction of sp³-hybridized carbons (Fsp3) is 0.345. The summed E-state index contributed by atoms with van der Waals surface area (Å²) in [4.78, 5) is 36.4. The summed E-state index contributed by atoms with van der Waals surface area (Å²) in [5.41, 5.74) is 2.76. The molecule has 0 bridgehead atoms. The van der Waals surface area contributed by atoms with Gasteiger partial charge in [-0.1, -0.05) is 30.3 Å². The summed E-state index contributed by atoms with van der Waals surface area (Å²) in [5, 5.41) is 0. The maximum Gasteiger partial charge on any atom is 0.260 e. The fourth-order valence-electron chi connectivity index (χ4n) is 4.49. The minimum absolute atomic E-state index is 0.0118. The summed E-state index contributed by atoms with van der Waals surface area (Å²) in [6, 6.07) is 20.9. The van der Waals surface area contributed by atoms with Crippen LogP contribution in [-0.2, 0) is 22.7 Å². The van der Waals surface area contributed by atoms with Gasteiger partial charge in [-0.2, -0.15) is 0 Å². The van der Waals surface area contributed by atoms with Crippen molar-refractivity contribution in [2.45, 2.75) is 26.4 Å². The number of methoxy groups -OCH3 is 1. The van der Waals surface area contributed by atoms with Gasteiger partial charge < -0.3 is 19.3 Å². The summed E-state index contributed by atoms with van der Waals surface area (Å²) >= 11 is 0. The van der Waals surface area contributed by atoms with E-state index in [9.17, 15) is 9.59 Å². The van der Waals surface area contributed by atoms with E-state index >= 15 is 0 Å². The molecule has 0 fully saturated rings. The zero-order valence-electron chi connectivity index (χ0n) is 21.5. The second kappa shape index (κ2) is 12.9. The Kier molecular flexibility index (Phi) is 9.10. The quantitative estimate of drug-likeness (QED) is 0.511. The lowest BCUT2D eigenvalue weighted by Gasteiger charge is -2.28. The van der Waals surface area contributed by atoms with E-state index < -0.39 is 0 Å². The van der Waals surface area contributed by atoms with Crippen molar-refractivity contribution in [1.82, 2.24) is 14.8 Å². The topological polar surface area (TPSA) is 75.2 Å². The van der Waals surface area contributed by atoms with Gasteiger partial charge in [-0.15, -0.1) is 0 Å². The molecule has 2 aromatic carbocycles. The Hall–Kier alpha value is -3.91. The number of aromatic nitrogens is 1. The van der Waals surface area contributed by atoms with Crippen molar-refractivity contribution >= 4 is 17.5 Å². The molecule has 8 heteroatoms. The van der Waals surface area contributed by atoms with Crippen LogP contribution in [0, 0.1) is 0 Å². The van der Waals surface area contributed by atoms with E-state index in [1.54, 1.807) is 32.4 Å². The zero-order valence-corrected chi connectivity index (χ0v) is 21.5. The lowest BCUT2D eigenvalue weighted by molar-refractivity contribution is -0.134. The Morgan fingerprint density at radius 3 is 2.51 bits per heavy atom. The number of hydrogen-bond acceptors (Lipinski definition) is 6. The fourth-order valence-corrected chi connectivity index (χ4v) is 4.49. The largest absolute Gasteiger partial charge is 0.497 e. The Balaban J connectivity index is 1.56. The van der Waals surface area contributed by atoms with Crippen molar-refractivity contribution < 1.29 is 19.1 Å². The molecular formula is C29H34N4O4. The van der Waals surface area contributed by atoms with Gasteiger partial charge in [0, 0.05) is 64.1 Å². The van der Waals surface area contributed by atoms with Gasteiger partial charge in [0.1, 0.15) is 11.5 Å². The average Bonchev–Trinajstić information content (AvgIpc) is 2.95. The van der Waals surface area contributed by atoms with E-state index in [2.05, 4.69) is 9.88 Å². The highest BCUT2D eigenvalue weighted by molar-refractivity contribution is 5.92. The molecule has 1 aliphatic rings. The summed E-state index contributed by atoms with van der Waals surface area (Å²) in [5.74, 6) is 1.11. The molecule has 1 aromatic heterocycles. The lowest BCUT2D eigenvalue weighted by atomic mass is 10.1. The normalized spacial score (nSPS) is 14.9. The highest BCUT2D eigenvalue weighted by atomic mass is 16.5. The SMILES string of the molecule is COc1cccc(OCC(=O)N2CCN(Cc3ccccn3)CCCN(C(C)=O)c3ccccc3C2)c1. The molecule has 0 spiro atoms. The molecule has 8 nitrogen and oxygen atoms in total. The Bertz CT molecular complexity index is 1190. The molecule has 0 N–H and O–H groups in total. The van der Waals surface area contributed by atoms with Gasteiger partial charge in [-0.25, -0.2) is 0 Å². The molecular weight excluding hydrogens is 468 g/mol. The first-order chi connectivity index (χ1) is 18.0. The van der Waals surface area contributed by atoms with Crippen LogP contribution in [0.5, 0.6) is 11.5 Å². The number of benzene rings is 2. The summed E-state index contributed by atoms with van der Waals surface area (Å²) in [6.07, 6.45) is 2.61. The van der Waals surface area contributed by atoms with E-state index in [-0.39, 0.29) is 18.4 Å². The standard InChI is InChI=1S/C29H34N4O4/c1-23(34)33-16-8-15-31(21-25-10-5-6-14-30-25)17-18-32(20-24-9-3-4-13-28(24)33)29(35)22-37-27-12-7-11-26(19-27)36-2/h3-7,9-14,19H,8,15-18,20-22H2,1-2H3.